The van der Waals surface area contributed by atoms with Crippen LogP contribution in [0, 0.1) is 0 Å². The van der Waals surface area contributed by atoms with Gasteiger partial charge in [0.2, 0.25) is 0 Å². The van der Waals surface area contributed by atoms with Crippen molar-refractivity contribution in [2.75, 3.05) is 37.8 Å². The Morgan fingerprint density at radius 2 is 1.89 bits per heavy atom. The normalized spacial score (nSPS) is 19.5. The quantitative estimate of drug-likeness (QED) is 0.880. The summed E-state index contributed by atoms with van der Waals surface area (Å²) in [4.78, 5) is 13.6. The number of nitrogens with two attached hydrogens (primary N) is 1. The maximum atomic E-state index is 6.06. The number of para-hydroxylation sites is 2. The van der Waals surface area contributed by atoms with Crippen LogP contribution in [0.2, 0.25) is 0 Å². The molecule has 19 heavy (non-hydrogen) atoms. The van der Waals surface area contributed by atoms with Crippen molar-refractivity contribution in [2.45, 2.75) is 12.5 Å². The van der Waals surface area contributed by atoms with E-state index < -0.39 is 0 Å². The molecule has 100 valence electrons. The highest BCUT2D eigenvalue weighted by atomic mass is 15.3. The van der Waals surface area contributed by atoms with E-state index in [9.17, 15) is 0 Å². The Morgan fingerprint density at radius 1 is 1.21 bits per heavy atom. The van der Waals surface area contributed by atoms with E-state index in [0.29, 0.717) is 11.9 Å². The molecule has 1 aromatic carbocycles. The molecule has 0 aliphatic carbocycles. The fraction of sp³-hybridized carbons (Fsp3) is 0.429. The van der Waals surface area contributed by atoms with Crippen LogP contribution in [0.3, 0.4) is 0 Å². The van der Waals surface area contributed by atoms with E-state index in [1.807, 2.05) is 24.3 Å². The first-order valence-electron chi connectivity index (χ1n) is 6.59. The lowest BCUT2D eigenvalue weighted by Gasteiger charge is -2.21. The average Bonchev–Trinajstić information content (AvgIpc) is 2.87. The molecule has 0 spiro atoms. The minimum Gasteiger partial charge on any atom is -0.381 e. The van der Waals surface area contributed by atoms with E-state index in [1.54, 1.807) is 0 Å². The number of nitrogens with zero attached hydrogens (tertiary/aromatic N) is 4. The molecular formula is C14H19N5. The summed E-state index contributed by atoms with van der Waals surface area (Å²) in [5, 5.41) is 0. The lowest BCUT2D eigenvalue weighted by molar-refractivity contribution is 0.315. The van der Waals surface area contributed by atoms with Crippen LogP contribution in [-0.2, 0) is 0 Å². The summed E-state index contributed by atoms with van der Waals surface area (Å²) in [7, 11) is 4.23. The summed E-state index contributed by atoms with van der Waals surface area (Å²) in [6, 6.07) is 8.41. The van der Waals surface area contributed by atoms with Gasteiger partial charge in [-0.3, -0.25) is 0 Å². The van der Waals surface area contributed by atoms with Crippen molar-refractivity contribution >= 4 is 22.7 Å². The summed E-state index contributed by atoms with van der Waals surface area (Å²) >= 11 is 0. The van der Waals surface area contributed by atoms with Gasteiger partial charge in [0.1, 0.15) is 0 Å². The molecule has 5 heteroatoms. The minimum absolute atomic E-state index is 0.526. The van der Waals surface area contributed by atoms with E-state index >= 15 is 0 Å². The molecule has 1 aromatic heterocycles. The van der Waals surface area contributed by atoms with Gasteiger partial charge in [-0.15, -0.1) is 0 Å². The van der Waals surface area contributed by atoms with Crippen LogP contribution in [-0.4, -0.2) is 48.1 Å². The standard InChI is InChI=1S/C14H19N5/c1-18(2)10-7-8-19(9-10)14-13(15)16-11-5-3-4-6-12(11)17-14/h3-6,10H,7-9H2,1-2H3,(H2,15,16). The molecule has 1 fully saturated rings. The number of aromatic nitrogens is 2. The zero-order valence-electron chi connectivity index (χ0n) is 11.4. The molecule has 1 aliphatic heterocycles. The summed E-state index contributed by atoms with van der Waals surface area (Å²) in [6.45, 7) is 1.95. The Hall–Kier alpha value is -1.88. The Balaban J connectivity index is 1.95. The molecule has 0 radical (unpaired) electrons. The number of fused-ring (bicyclic) bond motifs is 1. The minimum atomic E-state index is 0.526. The number of likely N-dealkylation sites (N-methyl/N-ethyl adjacent to an activating group) is 1. The van der Waals surface area contributed by atoms with Gasteiger partial charge in [-0.1, -0.05) is 12.1 Å². The van der Waals surface area contributed by atoms with Crippen molar-refractivity contribution in [1.82, 2.24) is 14.9 Å². The van der Waals surface area contributed by atoms with Crippen molar-refractivity contribution in [3.63, 3.8) is 0 Å². The third-order valence-corrected chi connectivity index (χ3v) is 3.77. The van der Waals surface area contributed by atoms with Gasteiger partial charge in [-0.2, -0.15) is 0 Å². The van der Waals surface area contributed by atoms with E-state index in [1.165, 1.54) is 0 Å². The van der Waals surface area contributed by atoms with Crippen LogP contribution in [0.5, 0.6) is 0 Å². The van der Waals surface area contributed by atoms with E-state index in [4.69, 9.17) is 5.73 Å². The lowest BCUT2D eigenvalue weighted by Crippen LogP contribution is -2.32. The topological polar surface area (TPSA) is 58.3 Å². The number of hydrogen-bond acceptors (Lipinski definition) is 5. The summed E-state index contributed by atoms with van der Waals surface area (Å²) < 4.78 is 0. The SMILES string of the molecule is CN(C)C1CCN(c2nc3ccccc3nc2N)C1. The predicted molar refractivity (Wildman–Crippen MR) is 78.3 cm³/mol. The Labute approximate surface area is 113 Å². The number of anilines is 2. The number of rotatable bonds is 2. The molecule has 1 atom stereocenters. The van der Waals surface area contributed by atoms with Crippen LogP contribution in [0.15, 0.2) is 24.3 Å². The van der Waals surface area contributed by atoms with Crippen molar-refractivity contribution in [1.29, 1.82) is 0 Å². The molecule has 0 bridgehead atoms. The van der Waals surface area contributed by atoms with E-state index in [-0.39, 0.29) is 0 Å². The van der Waals surface area contributed by atoms with Crippen molar-refractivity contribution in [3.05, 3.63) is 24.3 Å². The average molecular weight is 257 g/mol. The highest BCUT2D eigenvalue weighted by molar-refractivity contribution is 5.79. The van der Waals surface area contributed by atoms with Gasteiger partial charge in [0, 0.05) is 19.1 Å². The van der Waals surface area contributed by atoms with Crippen LogP contribution in [0.1, 0.15) is 6.42 Å². The van der Waals surface area contributed by atoms with Gasteiger partial charge < -0.3 is 15.5 Å². The second-order valence-corrected chi connectivity index (χ2v) is 5.27. The molecule has 1 unspecified atom stereocenters. The molecule has 2 aromatic rings. The molecular weight excluding hydrogens is 238 g/mol. The van der Waals surface area contributed by atoms with Crippen LogP contribution < -0.4 is 10.6 Å². The van der Waals surface area contributed by atoms with Gasteiger partial charge in [0.25, 0.3) is 0 Å². The maximum Gasteiger partial charge on any atom is 0.172 e. The third kappa shape index (κ3) is 2.21. The molecule has 1 aliphatic rings. The number of nitrogen functional groups attached to an aromatic ring is 1. The second kappa shape index (κ2) is 4.66. The smallest absolute Gasteiger partial charge is 0.172 e. The maximum absolute atomic E-state index is 6.06. The van der Waals surface area contributed by atoms with E-state index in [0.717, 1.165) is 36.4 Å². The first-order chi connectivity index (χ1) is 9.15. The van der Waals surface area contributed by atoms with Crippen molar-refractivity contribution in [2.24, 2.45) is 0 Å². The highest BCUT2D eigenvalue weighted by Crippen LogP contribution is 2.26. The molecule has 3 rings (SSSR count). The van der Waals surface area contributed by atoms with Crippen molar-refractivity contribution < 1.29 is 0 Å². The number of benzene rings is 1. The zero-order valence-corrected chi connectivity index (χ0v) is 11.4. The first kappa shape index (κ1) is 12.2. The molecule has 2 heterocycles. The fourth-order valence-corrected chi connectivity index (χ4v) is 2.59. The van der Waals surface area contributed by atoms with E-state index in [2.05, 4.69) is 33.9 Å². The van der Waals surface area contributed by atoms with Gasteiger partial charge in [0.05, 0.1) is 11.0 Å². The van der Waals surface area contributed by atoms with Gasteiger partial charge in [-0.05, 0) is 32.6 Å². The second-order valence-electron chi connectivity index (χ2n) is 5.27. The third-order valence-electron chi connectivity index (χ3n) is 3.77. The first-order valence-corrected chi connectivity index (χ1v) is 6.59. The van der Waals surface area contributed by atoms with Gasteiger partial charge in [0.15, 0.2) is 11.6 Å². The molecule has 0 amide bonds. The van der Waals surface area contributed by atoms with Crippen molar-refractivity contribution in [3.8, 4) is 0 Å². The summed E-state index contributed by atoms with van der Waals surface area (Å²) in [6.07, 6.45) is 1.14. The zero-order chi connectivity index (χ0) is 13.4. The Morgan fingerprint density at radius 3 is 2.53 bits per heavy atom. The summed E-state index contributed by atoms with van der Waals surface area (Å²) in [5.41, 5.74) is 7.82. The van der Waals surface area contributed by atoms with Crippen LogP contribution in [0.4, 0.5) is 11.6 Å². The summed E-state index contributed by atoms with van der Waals surface area (Å²) in [5.74, 6) is 1.35. The van der Waals surface area contributed by atoms with Gasteiger partial charge >= 0.3 is 0 Å². The fourth-order valence-electron chi connectivity index (χ4n) is 2.59. The van der Waals surface area contributed by atoms with Crippen LogP contribution >= 0.6 is 0 Å². The van der Waals surface area contributed by atoms with Crippen LogP contribution in [0.25, 0.3) is 11.0 Å². The molecule has 5 nitrogen and oxygen atoms in total. The largest absolute Gasteiger partial charge is 0.381 e. The molecule has 2 N–H and O–H groups in total. The Bertz CT molecular complexity index is 595. The highest BCUT2D eigenvalue weighted by Gasteiger charge is 2.26. The molecule has 1 saturated heterocycles. The monoisotopic (exact) mass is 257 g/mol. The lowest BCUT2D eigenvalue weighted by atomic mass is 10.2. The Kier molecular flexibility index (Phi) is 2.98. The molecule has 0 saturated carbocycles. The number of hydrogen-bond donors (Lipinski definition) is 1. The van der Waals surface area contributed by atoms with Gasteiger partial charge in [-0.25, -0.2) is 9.97 Å². The predicted octanol–water partition coefficient (Wildman–Crippen LogP) is 1.35.